The maximum absolute atomic E-state index is 12.0. The van der Waals surface area contributed by atoms with E-state index in [1.54, 1.807) is 6.33 Å². The molecular weight excluding hydrogens is 432 g/mol. The molecule has 0 saturated heterocycles. The third-order valence-corrected chi connectivity index (χ3v) is 5.32. The van der Waals surface area contributed by atoms with Crippen LogP contribution in [0.25, 0.3) is 16.8 Å². The number of hydrogen-bond acceptors (Lipinski definition) is 6. The molecule has 3 rings (SSSR count). The summed E-state index contributed by atoms with van der Waals surface area (Å²) in [7, 11) is 0. The molecule has 0 aliphatic rings. The highest BCUT2D eigenvalue weighted by atomic mass is 16.6. The Kier molecular flexibility index (Phi) is 8.26. The molecule has 0 bridgehead atoms. The number of esters is 1. The highest BCUT2D eigenvalue weighted by Crippen LogP contribution is 2.26. The number of amides is 1. The van der Waals surface area contributed by atoms with Crippen molar-refractivity contribution < 1.29 is 19.1 Å². The van der Waals surface area contributed by atoms with E-state index < -0.39 is 11.7 Å². The van der Waals surface area contributed by atoms with Gasteiger partial charge >= 0.3 is 12.1 Å². The second-order valence-corrected chi connectivity index (χ2v) is 9.43. The second kappa shape index (κ2) is 11.1. The first kappa shape index (κ1) is 25.2. The number of unbranched alkanes of at least 4 members (excludes halogenated alkanes) is 2. The Morgan fingerprint density at radius 2 is 1.91 bits per heavy atom. The smallest absolute Gasteiger partial charge is 0.407 e. The van der Waals surface area contributed by atoms with Gasteiger partial charge in [0.2, 0.25) is 0 Å². The van der Waals surface area contributed by atoms with Crippen LogP contribution in [-0.2, 0) is 27.2 Å². The fourth-order valence-electron chi connectivity index (χ4n) is 3.69. The molecule has 3 aromatic rings. The monoisotopic (exact) mass is 466 g/mol. The standard InChI is InChI=1S/C26H34N4O4/c1-18-13-21(10-11-22(18)15-27-25(32)34-26(3,4)5)24-23-14-20(16-30(23)29-17-28-24)9-7-6-8-12-33-19(2)31/h10-11,13-14,16-17H,6-9,12,15H2,1-5H3,(H,27,32). The molecule has 1 amide bonds. The molecule has 2 aromatic heterocycles. The lowest BCUT2D eigenvalue weighted by atomic mass is 10.0. The lowest BCUT2D eigenvalue weighted by Crippen LogP contribution is -2.32. The molecule has 0 radical (unpaired) electrons. The van der Waals surface area contributed by atoms with Crippen LogP contribution >= 0.6 is 0 Å². The minimum atomic E-state index is -0.526. The van der Waals surface area contributed by atoms with Crippen molar-refractivity contribution in [2.45, 2.75) is 72.4 Å². The molecule has 0 aliphatic heterocycles. The fourth-order valence-corrected chi connectivity index (χ4v) is 3.69. The van der Waals surface area contributed by atoms with Gasteiger partial charge in [-0.2, -0.15) is 5.10 Å². The largest absolute Gasteiger partial charge is 0.466 e. The summed E-state index contributed by atoms with van der Waals surface area (Å²) in [6.07, 6.45) is 6.98. The van der Waals surface area contributed by atoms with Crippen LogP contribution in [-0.4, -0.2) is 38.9 Å². The first-order chi connectivity index (χ1) is 16.1. The number of carbonyl (C=O) groups excluding carboxylic acids is 2. The first-order valence-electron chi connectivity index (χ1n) is 11.6. The van der Waals surface area contributed by atoms with E-state index in [-0.39, 0.29) is 5.97 Å². The molecule has 1 aromatic carbocycles. The maximum atomic E-state index is 12.0. The van der Waals surface area contributed by atoms with Crippen molar-refractivity contribution in [3.8, 4) is 11.3 Å². The van der Waals surface area contributed by atoms with Crippen LogP contribution in [0.15, 0.2) is 36.8 Å². The lowest BCUT2D eigenvalue weighted by Gasteiger charge is -2.20. The van der Waals surface area contributed by atoms with Crippen LogP contribution in [0.2, 0.25) is 0 Å². The Hall–Kier alpha value is -3.42. The first-order valence-corrected chi connectivity index (χ1v) is 11.6. The van der Waals surface area contributed by atoms with Crippen LogP contribution in [0, 0.1) is 6.92 Å². The number of nitrogens with zero attached hydrogens (tertiary/aromatic N) is 3. The molecule has 0 aliphatic carbocycles. The summed E-state index contributed by atoms with van der Waals surface area (Å²) in [4.78, 5) is 27.3. The molecule has 2 heterocycles. The minimum absolute atomic E-state index is 0.229. The topological polar surface area (TPSA) is 94.8 Å². The third kappa shape index (κ3) is 7.30. The van der Waals surface area contributed by atoms with E-state index in [4.69, 9.17) is 9.47 Å². The number of ether oxygens (including phenoxy) is 2. The van der Waals surface area contributed by atoms with Gasteiger partial charge in [-0.1, -0.05) is 12.1 Å². The predicted molar refractivity (Wildman–Crippen MR) is 130 cm³/mol. The summed E-state index contributed by atoms with van der Waals surface area (Å²) in [6, 6.07) is 8.24. The number of hydrogen-bond donors (Lipinski definition) is 1. The van der Waals surface area contributed by atoms with Gasteiger partial charge in [-0.15, -0.1) is 0 Å². The predicted octanol–water partition coefficient (Wildman–Crippen LogP) is 5.01. The molecule has 182 valence electrons. The Labute approximate surface area is 200 Å². The van der Waals surface area contributed by atoms with E-state index in [2.05, 4.69) is 27.5 Å². The molecule has 0 spiro atoms. The van der Waals surface area contributed by atoms with Crippen LogP contribution in [0.5, 0.6) is 0 Å². The van der Waals surface area contributed by atoms with Gasteiger partial charge in [0, 0.05) is 25.2 Å². The second-order valence-electron chi connectivity index (χ2n) is 9.43. The fraction of sp³-hybridized carbons (Fsp3) is 0.462. The minimum Gasteiger partial charge on any atom is -0.466 e. The van der Waals surface area contributed by atoms with E-state index in [0.717, 1.165) is 53.6 Å². The number of benzene rings is 1. The SMILES string of the molecule is CC(=O)OCCCCCc1cc2c(-c3ccc(CNC(=O)OC(C)(C)C)c(C)c3)ncnn2c1. The van der Waals surface area contributed by atoms with Crippen molar-refractivity contribution >= 4 is 17.6 Å². The van der Waals surface area contributed by atoms with Crippen molar-refractivity contribution in [3.05, 3.63) is 53.5 Å². The van der Waals surface area contributed by atoms with Crippen molar-refractivity contribution in [2.75, 3.05) is 6.61 Å². The Morgan fingerprint density at radius 1 is 1.12 bits per heavy atom. The van der Waals surface area contributed by atoms with Gasteiger partial charge in [-0.05, 0) is 82.2 Å². The quantitative estimate of drug-likeness (QED) is 0.352. The normalized spacial score (nSPS) is 11.4. The molecule has 8 heteroatoms. The van der Waals surface area contributed by atoms with Gasteiger partial charge < -0.3 is 14.8 Å². The van der Waals surface area contributed by atoms with Gasteiger partial charge in [0.25, 0.3) is 0 Å². The number of alkyl carbamates (subject to hydrolysis) is 1. The molecule has 0 saturated carbocycles. The Bertz CT molecular complexity index is 1150. The lowest BCUT2D eigenvalue weighted by molar-refractivity contribution is -0.141. The average molecular weight is 467 g/mol. The van der Waals surface area contributed by atoms with Gasteiger partial charge in [0.1, 0.15) is 11.9 Å². The van der Waals surface area contributed by atoms with E-state index in [9.17, 15) is 9.59 Å². The summed E-state index contributed by atoms with van der Waals surface area (Å²) < 4.78 is 12.2. The molecule has 34 heavy (non-hydrogen) atoms. The third-order valence-electron chi connectivity index (χ3n) is 5.32. The number of nitrogens with one attached hydrogen (secondary N) is 1. The highest BCUT2D eigenvalue weighted by Gasteiger charge is 2.16. The van der Waals surface area contributed by atoms with Gasteiger partial charge in [0.15, 0.2) is 0 Å². The Morgan fingerprint density at radius 3 is 2.62 bits per heavy atom. The molecule has 0 fully saturated rings. The zero-order chi connectivity index (χ0) is 24.7. The zero-order valence-electron chi connectivity index (χ0n) is 20.7. The number of fused-ring (bicyclic) bond motifs is 1. The molecule has 0 unspecified atom stereocenters. The van der Waals surface area contributed by atoms with Crippen molar-refractivity contribution in [1.29, 1.82) is 0 Å². The summed E-state index contributed by atoms with van der Waals surface area (Å²) in [5.74, 6) is -0.229. The Balaban J connectivity index is 1.66. The zero-order valence-corrected chi connectivity index (χ0v) is 20.7. The van der Waals surface area contributed by atoms with Gasteiger partial charge in [0.05, 0.1) is 17.8 Å². The van der Waals surface area contributed by atoms with E-state index >= 15 is 0 Å². The number of aryl methyl sites for hydroxylation is 2. The van der Waals surface area contributed by atoms with Gasteiger partial charge in [-0.3, -0.25) is 4.79 Å². The molecule has 0 atom stereocenters. The number of aromatic nitrogens is 3. The van der Waals surface area contributed by atoms with E-state index in [1.807, 2.05) is 50.5 Å². The summed E-state index contributed by atoms with van der Waals surface area (Å²) >= 11 is 0. The van der Waals surface area contributed by atoms with Gasteiger partial charge in [-0.25, -0.2) is 14.3 Å². The van der Waals surface area contributed by atoms with Crippen LogP contribution in [0.4, 0.5) is 4.79 Å². The van der Waals surface area contributed by atoms with Crippen molar-refractivity contribution in [3.63, 3.8) is 0 Å². The summed E-state index contributed by atoms with van der Waals surface area (Å²) in [6.45, 7) is 9.85. The van der Waals surface area contributed by atoms with E-state index in [0.29, 0.717) is 13.2 Å². The molecular formula is C26H34N4O4. The van der Waals surface area contributed by atoms with Crippen molar-refractivity contribution in [1.82, 2.24) is 19.9 Å². The number of rotatable bonds is 9. The molecule has 1 N–H and O–H groups in total. The number of carbonyl (C=O) groups is 2. The van der Waals surface area contributed by atoms with Crippen LogP contribution < -0.4 is 5.32 Å². The average Bonchev–Trinajstić information content (AvgIpc) is 3.17. The van der Waals surface area contributed by atoms with Crippen LogP contribution in [0.3, 0.4) is 0 Å². The van der Waals surface area contributed by atoms with E-state index in [1.165, 1.54) is 12.5 Å². The van der Waals surface area contributed by atoms with Crippen LogP contribution in [0.1, 0.15) is 63.6 Å². The highest BCUT2D eigenvalue weighted by molar-refractivity contribution is 5.77. The van der Waals surface area contributed by atoms with Crippen molar-refractivity contribution in [2.24, 2.45) is 0 Å². The molecule has 8 nitrogen and oxygen atoms in total. The summed E-state index contributed by atoms with van der Waals surface area (Å²) in [5, 5.41) is 7.18. The maximum Gasteiger partial charge on any atom is 0.407 e. The summed E-state index contributed by atoms with van der Waals surface area (Å²) in [5.41, 5.74) is 5.57.